The Hall–Kier alpha value is -1.80. The van der Waals surface area contributed by atoms with E-state index in [0.29, 0.717) is 22.5 Å². The summed E-state index contributed by atoms with van der Waals surface area (Å²) in [4.78, 5) is 10.9. The van der Waals surface area contributed by atoms with Gasteiger partial charge >= 0.3 is 0 Å². The molecule has 2 aromatic rings. The van der Waals surface area contributed by atoms with E-state index in [9.17, 15) is 0 Å². The van der Waals surface area contributed by atoms with Gasteiger partial charge in [0.05, 0.1) is 16.7 Å². The van der Waals surface area contributed by atoms with Gasteiger partial charge in [-0.25, -0.2) is 4.98 Å². The molecular formula is C20H27Cl2N5O2. The van der Waals surface area contributed by atoms with Crippen molar-refractivity contribution >= 4 is 35.0 Å². The Bertz CT molecular complexity index is 772. The highest BCUT2D eigenvalue weighted by molar-refractivity contribution is 6.42. The third-order valence-corrected chi connectivity index (χ3v) is 5.48. The van der Waals surface area contributed by atoms with Gasteiger partial charge < -0.3 is 25.4 Å². The Morgan fingerprint density at radius 1 is 1.10 bits per heavy atom. The fourth-order valence-electron chi connectivity index (χ4n) is 3.22. The van der Waals surface area contributed by atoms with E-state index >= 15 is 0 Å². The van der Waals surface area contributed by atoms with Crippen LogP contribution in [0.2, 0.25) is 10.0 Å². The second kappa shape index (κ2) is 11.4. The highest BCUT2D eigenvalue weighted by Crippen LogP contribution is 2.28. The Kier molecular flexibility index (Phi) is 8.61. The summed E-state index contributed by atoms with van der Waals surface area (Å²) in [7, 11) is 0. The van der Waals surface area contributed by atoms with Crippen molar-refractivity contribution in [3.63, 3.8) is 0 Å². The van der Waals surface area contributed by atoms with Gasteiger partial charge in [0.1, 0.15) is 17.7 Å². The Morgan fingerprint density at radius 3 is 2.69 bits per heavy atom. The average molecular weight is 440 g/mol. The van der Waals surface area contributed by atoms with E-state index in [0.717, 1.165) is 57.0 Å². The maximum absolute atomic E-state index is 8.85. The summed E-state index contributed by atoms with van der Waals surface area (Å²) in [5.74, 6) is 2.09. The summed E-state index contributed by atoms with van der Waals surface area (Å²) >= 11 is 12.0. The van der Waals surface area contributed by atoms with Gasteiger partial charge in [0, 0.05) is 38.4 Å². The van der Waals surface area contributed by atoms with Crippen LogP contribution in [0, 0.1) is 0 Å². The number of likely N-dealkylation sites (tertiary alicyclic amines) is 1. The number of halogens is 2. The molecule has 1 aliphatic rings. The molecule has 7 nitrogen and oxygen atoms in total. The summed E-state index contributed by atoms with van der Waals surface area (Å²) in [6.45, 7) is 4.41. The zero-order valence-electron chi connectivity index (χ0n) is 16.3. The number of nitrogens with one attached hydrogen (secondary N) is 2. The van der Waals surface area contributed by atoms with Crippen molar-refractivity contribution in [3.05, 3.63) is 40.5 Å². The molecule has 0 aliphatic carbocycles. The monoisotopic (exact) mass is 439 g/mol. The number of nitrogens with zero attached hydrogens (tertiary/aromatic N) is 3. The van der Waals surface area contributed by atoms with Crippen molar-refractivity contribution in [2.24, 2.45) is 0 Å². The molecule has 2 heterocycles. The maximum Gasteiger partial charge on any atom is 0.224 e. The zero-order chi connectivity index (χ0) is 20.5. The summed E-state index contributed by atoms with van der Waals surface area (Å²) in [6.07, 6.45) is 4.95. The molecule has 3 N–H and O–H groups in total. The van der Waals surface area contributed by atoms with Crippen LogP contribution in [0.4, 0.5) is 11.8 Å². The van der Waals surface area contributed by atoms with Crippen LogP contribution in [0.3, 0.4) is 0 Å². The number of hydrogen-bond acceptors (Lipinski definition) is 7. The van der Waals surface area contributed by atoms with Crippen LogP contribution >= 0.6 is 23.2 Å². The predicted molar refractivity (Wildman–Crippen MR) is 117 cm³/mol. The molecule has 1 aliphatic heterocycles. The van der Waals surface area contributed by atoms with Crippen LogP contribution in [0.1, 0.15) is 19.3 Å². The lowest BCUT2D eigenvalue weighted by Crippen LogP contribution is -2.39. The number of benzene rings is 1. The molecule has 0 radical (unpaired) electrons. The molecule has 0 spiro atoms. The van der Waals surface area contributed by atoms with E-state index in [1.807, 2.05) is 12.1 Å². The molecule has 1 fully saturated rings. The van der Waals surface area contributed by atoms with E-state index in [2.05, 4.69) is 25.5 Å². The van der Waals surface area contributed by atoms with Gasteiger partial charge in [-0.05, 0) is 44.0 Å². The van der Waals surface area contributed by atoms with E-state index in [1.165, 1.54) is 0 Å². The standard InChI is InChI=1S/C20H27Cl2N5O2/c21-17-3-2-16(14-18(17)22)29-15-5-11-27(12-6-15)10-1-7-23-19-4-8-24-20(26-19)25-9-13-28/h2-4,8,14-15,28H,1,5-7,9-13H2,(H2,23,24,25,26). The lowest BCUT2D eigenvalue weighted by molar-refractivity contribution is 0.100. The second-order valence-corrected chi connectivity index (χ2v) is 7.75. The third-order valence-electron chi connectivity index (χ3n) is 4.74. The van der Waals surface area contributed by atoms with Gasteiger partial charge in [0.15, 0.2) is 0 Å². The molecular weight excluding hydrogens is 413 g/mol. The van der Waals surface area contributed by atoms with Crippen molar-refractivity contribution < 1.29 is 9.84 Å². The van der Waals surface area contributed by atoms with Crippen LogP contribution in [-0.4, -0.2) is 65.4 Å². The minimum atomic E-state index is 0.0518. The molecule has 1 aromatic heterocycles. The smallest absolute Gasteiger partial charge is 0.224 e. The number of ether oxygens (including phenoxy) is 1. The molecule has 0 amide bonds. The largest absolute Gasteiger partial charge is 0.490 e. The summed E-state index contributed by atoms with van der Waals surface area (Å²) < 4.78 is 6.04. The second-order valence-electron chi connectivity index (χ2n) is 6.93. The average Bonchev–Trinajstić information content (AvgIpc) is 2.74. The number of anilines is 2. The van der Waals surface area contributed by atoms with Gasteiger partial charge in [-0.15, -0.1) is 0 Å². The Morgan fingerprint density at radius 2 is 1.93 bits per heavy atom. The normalized spacial score (nSPS) is 15.3. The van der Waals surface area contributed by atoms with Crippen LogP contribution in [-0.2, 0) is 0 Å². The summed E-state index contributed by atoms with van der Waals surface area (Å²) in [5, 5.41) is 16.2. The predicted octanol–water partition coefficient (Wildman–Crippen LogP) is 3.53. The Balaban J connectivity index is 1.32. The van der Waals surface area contributed by atoms with Crippen molar-refractivity contribution in [1.82, 2.24) is 14.9 Å². The van der Waals surface area contributed by atoms with Crippen LogP contribution in [0.5, 0.6) is 5.75 Å². The minimum absolute atomic E-state index is 0.0518. The quantitative estimate of drug-likeness (QED) is 0.488. The van der Waals surface area contributed by atoms with Crippen molar-refractivity contribution in [2.45, 2.75) is 25.4 Å². The van der Waals surface area contributed by atoms with E-state index in [1.54, 1.807) is 18.3 Å². The zero-order valence-corrected chi connectivity index (χ0v) is 17.8. The summed E-state index contributed by atoms with van der Waals surface area (Å²) in [5.41, 5.74) is 0. The molecule has 0 saturated carbocycles. The number of aliphatic hydroxyl groups is 1. The summed E-state index contributed by atoms with van der Waals surface area (Å²) in [6, 6.07) is 7.25. The molecule has 0 bridgehead atoms. The Labute approximate surface area is 181 Å². The van der Waals surface area contributed by atoms with Gasteiger partial charge in [0.25, 0.3) is 0 Å². The number of rotatable bonds is 10. The molecule has 3 rings (SSSR count). The lowest BCUT2D eigenvalue weighted by Gasteiger charge is -2.32. The van der Waals surface area contributed by atoms with Crippen LogP contribution in [0.25, 0.3) is 0 Å². The fraction of sp³-hybridized carbons (Fsp3) is 0.500. The molecule has 0 unspecified atom stereocenters. The maximum atomic E-state index is 8.85. The lowest BCUT2D eigenvalue weighted by atomic mass is 10.1. The first-order chi connectivity index (χ1) is 14.1. The van der Waals surface area contributed by atoms with Crippen molar-refractivity contribution in [3.8, 4) is 5.75 Å². The molecule has 0 atom stereocenters. The van der Waals surface area contributed by atoms with Crippen LogP contribution < -0.4 is 15.4 Å². The fourth-order valence-corrected chi connectivity index (χ4v) is 3.51. The number of aliphatic hydroxyl groups excluding tert-OH is 1. The van der Waals surface area contributed by atoms with Gasteiger partial charge in [-0.1, -0.05) is 23.2 Å². The molecule has 1 saturated heterocycles. The highest BCUT2D eigenvalue weighted by atomic mass is 35.5. The molecule has 29 heavy (non-hydrogen) atoms. The number of aromatic nitrogens is 2. The number of piperidine rings is 1. The minimum Gasteiger partial charge on any atom is -0.490 e. The van der Waals surface area contributed by atoms with E-state index in [4.69, 9.17) is 33.0 Å². The van der Waals surface area contributed by atoms with Gasteiger partial charge in [-0.2, -0.15) is 4.98 Å². The first kappa shape index (κ1) is 21.9. The van der Waals surface area contributed by atoms with Gasteiger partial charge in [-0.3, -0.25) is 0 Å². The first-order valence-electron chi connectivity index (χ1n) is 9.90. The van der Waals surface area contributed by atoms with E-state index < -0.39 is 0 Å². The van der Waals surface area contributed by atoms with Crippen molar-refractivity contribution in [1.29, 1.82) is 0 Å². The SMILES string of the molecule is OCCNc1nccc(NCCCN2CCC(Oc3ccc(Cl)c(Cl)c3)CC2)n1. The molecule has 9 heteroatoms. The highest BCUT2D eigenvalue weighted by Gasteiger charge is 2.20. The van der Waals surface area contributed by atoms with Crippen molar-refractivity contribution in [2.75, 3.05) is 50.0 Å². The van der Waals surface area contributed by atoms with Crippen LogP contribution in [0.15, 0.2) is 30.5 Å². The molecule has 158 valence electrons. The molecule has 1 aromatic carbocycles. The number of hydrogen-bond donors (Lipinski definition) is 3. The third kappa shape index (κ3) is 7.19. The van der Waals surface area contributed by atoms with E-state index in [-0.39, 0.29) is 12.7 Å². The van der Waals surface area contributed by atoms with Gasteiger partial charge in [0.2, 0.25) is 5.95 Å². The topological polar surface area (TPSA) is 82.5 Å². The first-order valence-corrected chi connectivity index (χ1v) is 10.7.